The van der Waals surface area contributed by atoms with E-state index in [-0.39, 0.29) is 18.4 Å². The van der Waals surface area contributed by atoms with Crippen molar-refractivity contribution in [3.8, 4) is 5.75 Å². The van der Waals surface area contributed by atoms with Crippen LogP contribution in [0.2, 0.25) is 0 Å². The van der Waals surface area contributed by atoms with E-state index in [2.05, 4.69) is 20.8 Å². The summed E-state index contributed by atoms with van der Waals surface area (Å²) in [5.41, 5.74) is 5.31. The van der Waals surface area contributed by atoms with Gasteiger partial charge in [-0.2, -0.15) is 0 Å². The van der Waals surface area contributed by atoms with Gasteiger partial charge in [0.25, 0.3) is 0 Å². The van der Waals surface area contributed by atoms with Crippen LogP contribution in [-0.2, 0) is 4.79 Å². The van der Waals surface area contributed by atoms with Crippen molar-refractivity contribution in [2.45, 2.75) is 18.9 Å². The second kappa shape index (κ2) is 7.77. The summed E-state index contributed by atoms with van der Waals surface area (Å²) in [5.74, 6) is 0.510. The van der Waals surface area contributed by atoms with E-state index in [1.807, 2.05) is 24.3 Å². The number of amides is 1. The van der Waals surface area contributed by atoms with Gasteiger partial charge in [-0.25, -0.2) is 0 Å². The minimum Gasteiger partial charge on any atom is -0.491 e. The minimum atomic E-state index is -0.543. The van der Waals surface area contributed by atoms with Crippen molar-refractivity contribution >= 4 is 21.8 Å². The molecule has 1 aliphatic rings. The zero-order valence-electron chi connectivity index (χ0n) is 11.9. The zero-order valence-corrected chi connectivity index (χ0v) is 13.5. The molecule has 1 atom stereocenters. The summed E-state index contributed by atoms with van der Waals surface area (Å²) in [5, 5.41) is 10.0. The number of ether oxygens (including phenoxy) is 1. The predicted molar refractivity (Wildman–Crippen MR) is 84.0 cm³/mol. The van der Waals surface area contributed by atoms with Crippen molar-refractivity contribution in [1.82, 2.24) is 4.90 Å². The van der Waals surface area contributed by atoms with E-state index in [1.54, 1.807) is 0 Å². The molecule has 3 N–H and O–H groups in total. The van der Waals surface area contributed by atoms with E-state index >= 15 is 0 Å². The van der Waals surface area contributed by atoms with Crippen LogP contribution in [0.25, 0.3) is 0 Å². The smallest absolute Gasteiger partial charge is 0.220 e. The molecule has 1 saturated heterocycles. The fourth-order valence-electron chi connectivity index (χ4n) is 2.47. The maximum atomic E-state index is 11.1. The maximum absolute atomic E-state index is 11.1. The third kappa shape index (κ3) is 5.30. The molecule has 0 unspecified atom stereocenters. The van der Waals surface area contributed by atoms with E-state index in [0.29, 0.717) is 6.54 Å². The van der Waals surface area contributed by atoms with Crippen LogP contribution < -0.4 is 10.5 Å². The number of nitrogens with zero attached hydrogens (tertiary/aromatic N) is 1. The number of aliphatic hydroxyl groups excluding tert-OH is 1. The lowest BCUT2D eigenvalue weighted by molar-refractivity contribution is -0.123. The van der Waals surface area contributed by atoms with Crippen LogP contribution >= 0.6 is 15.9 Å². The first-order valence-corrected chi connectivity index (χ1v) is 7.92. The highest BCUT2D eigenvalue weighted by atomic mass is 79.9. The largest absolute Gasteiger partial charge is 0.491 e. The van der Waals surface area contributed by atoms with Crippen LogP contribution in [0.1, 0.15) is 12.8 Å². The standard InChI is InChI=1S/C15H21BrN2O3/c16-12-1-3-14(4-2-12)21-10-13(19)9-18-7-5-11(6-8-18)15(17)20/h1-4,11,13,19H,5-10H2,(H2,17,20)/t13-/m0/s1. The van der Waals surface area contributed by atoms with Gasteiger partial charge < -0.3 is 20.5 Å². The van der Waals surface area contributed by atoms with Crippen LogP contribution in [0.15, 0.2) is 28.7 Å². The van der Waals surface area contributed by atoms with Crippen LogP contribution in [-0.4, -0.2) is 48.3 Å². The number of halogens is 1. The predicted octanol–water partition coefficient (Wildman–Crippen LogP) is 1.39. The Hall–Kier alpha value is -1.11. The number of β-amino-alcohol motifs (C(OH)–C–C–N with tert-alkyl or cyclic N) is 1. The summed E-state index contributed by atoms with van der Waals surface area (Å²) in [7, 11) is 0. The first kappa shape index (κ1) is 16.3. The summed E-state index contributed by atoms with van der Waals surface area (Å²) in [6, 6.07) is 7.51. The van der Waals surface area contributed by atoms with Crippen LogP contribution in [0.3, 0.4) is 0 Å². The van der Waals surface area contributed by atoms with Gasteiger partial charge in [-0.15, -0.1) is 0 Å². The van der Waals surface area contributed by atoms with Crippen molar-refractivity contribution in [1.29, 1.82) is 0 Å². The molecule has 1 heterocycles. The first-order valence-electron chi connectivity index (χ1n) is 7.12. The molecule has 21 heavy (non-hydrogen) atoms. The fourth-order valence-corrected chi connectivity index (χ4v) is 2.74. The van der Waals surface area contributed by atoms with Gasteiger partial charge in [0.1, 0.15) is 18.5 Å². The van der Waals surface area contributed by atoms with E-state index in [1.165, 1.54) is 0 Å². The molecule has 1 amide bonds. The SMILES string of the molecule is NC(=O)C1CCN(C[C@H](O)COc2ccc(Br)cc2)CC1. The molecule has 116 valence electrons. The zero-order chi connectivity index (χ0) is 15.2. The monoisotopic (exact) mass is 356 g/mol. The number of aliphatic hydroxyl groups is 1. The summed E-state index contributed by atoms with van der Waals surface area (Å²) < 4.78 is 6.55. The summed E-state index contributed by atoms with van der Waals surface area (Å²) >= 11 is 3.36. The third-order valence-electron chi connectivity index (χ3n) is 3.71. The van der Waals surface area contributed by atoms with E-state index in [4.69, 9.17) is 10.5 Å². The Bertz CT molecular complexity index is 458. The van der Waals surface area contributed by atoms with E-state index in [9.17, 15) is 9.90 Å². The number of likely N-dealkylation sites (tertiary alicyclic amines) is 1. The van der Waals surface area contributed by atoms with Crippen molar-refractivity contribution in [3.63, 3.8) is 0 Å². The molecule has 2 rings (SSSR count). The molecule has 1 aromatic carbocycles. The van der Waals surface area contributed by atoms with Gasteiger partial charge in [-0.1, -0.05) is 15.9 Å². The molecule has 0 bridgehead atoms. The summed E-state index contributed by atoms with van der Waals surface area (Å²) in [6.07, 6.45) is 1.00. The highest BCUT2D eigenvalue weighted by molar-refractivity contribution is 9.10. The van der Waals surface area contributed by atoms with E-state index < -0.39 is 6.10 Å². The van der Waals surface area contributed by atoms with Gasteiger partial charge in [0.05, 0.1) is 0 Å². The Kier molecular flexibility index (Phi) is 6.02. The molecule has 0 aromatic heterocycles. The number of rotatable bonds is 6. The molecule has 0 spiro atoms. The van der Waals surface area contributed by atoms with Crippen molar-refractivity contribution in [2.24, 2.45) is 11.7 Å². The van der Waals surface area contributed by atoms with Crippen LogP contribution in [0.4, 0.5) is 0 Å². The Morgan fingerprint density at radius 1 is 1.38 bits per heavy atom. The average Bonchev–Trinajstić information content (AvgIpc) is 2.47. The molecular formula is C15H21BrN2O3. The number of primary amides is 1. The normalized spacial score (nSPS) is 18.4. The van der Waals surface area contributed by atoms with Gasteiger partial charge in [0.2, 0.25) is 5.91 Å². The number of piperidine rings is 1. The van der Waals surface area contributed by atoms with Crippen LogP contribution in [0.5, 0.6) is 5.75 Å². The van der Waals surface area contributed by atoms with Gasteiger partial charge >= 0.3 is 0 Å². The van der Waals surface area contributed by atoms with Crippen molar-refractivity contribution < 1.29 is 14.6 Å². The lowest BCUT2D eigenvalue weighted by Gasteiger charge is -2.31. The Labute approximate surface area is 133 Å². The maximum Gasteiger partial charge on any atom is 0.220 e. The van der Waals surface area contributed by atoms with E-state index in [0.717, 1.165) is 36.2 Å². The molecule has 0 saturated carbocycles. The first-order chi connectivity index (χ1) is 10.0. The molecule has 6 heteroatoms. The van der Waals surface area contributed by atoms with Crippen LogP contribution in [0, 0.1) is 5.92 Å². The quantitative estimate of drug-likeness (QED) is 0.807. The summed E-state index contributed by atoms with van der Waals surface area (Å²) in [6.45, 7) is 2.41. The molecule has 1 fully saturated rings. The van der Waals surface area contributed by atoms with Gasteiger partial charge in [0, 0.05) is 16.9 Å². The highest BCUT2D eigenvalue weighted by Gasteiger charge is 2.24. The number of carbonyl (C=O) groups is 1. The second-order valence-corrected chi connectivity index (χ2v) is 6.31. The minimum absolute atomic E-state index is 0.0163. The third-order valence-corrected chi connectivity index (χ3v) is 4.24. The lowest BCUT2D eigenvalue weighted by atomic mass is 9.96. The van der Waals surface area contributed by atoms with Gasteiger partial charge in [-0.3, -0.25) is 4.79 Å². The number of hydrogen-bond acceptors (Lipinski definition) is 4. The Morgan fingerprint density at radius 3 is 2.57 bits per heavy atom. The Balaban J connectivity index is 1.69. The lowest BCUT2D eigenvalue weighted by Crippen LogP contribution is -2.43. The fraction of sp³-hybridized carbons (Fsp3) is 0.533. The number of hydrogen-bond donors (Lipinski definition) is 2. The molecule has 1 aromatic rings. The summed E-state index contributed by atoms with van der Waals surface area (Å²) in [4.78, 5) is 13.2. The molecular weight excluding hydrogens is 336 g/mol. The second-order valence-electron chi connectivity index (χ2n) is 5.40. The molecule has 1 aliphatic heterocycles. The van der Waals surface area contributed by atoms with Gasteiger partial charge in [-0.05, 0) is 50.2 Å². The number of benzene rings is 1. The van der Waals surface area contributed by atoms with Crippen molar-refractivity contribution in [2.75, 3.05) is 26.2 Å². The molecule has 0 aliphatic carbocycles. The molecule has 0 radical (unpaired) electrons. The number of carbonyl (C=O) groups excluding carboxylic acids is 1. The highest BCUT2D eigenvalue weighted by Crippen LogP contribution is 2.18. The molecule has 5 nitrogen and oxygen atoms in total. The van der Waals surface area contributed by atoms with Crippen molar-refractivity contribution in [3.05, 3.63) is 28.7 Å². The topological polar surface area (TPSA) is 75.8 Å². The Morgan fingerprint density at radius 2 is 2.00 bits per heavy atom. The number of nitrogens with two attached hydrogens (primary N) is 1. The van der Waals surface area contributed by atoms with Gasteiger partial charge in [0.15, 0.2) is 0 Å². The average molecular weight is 357 g/mol.